The summed E-state index contributed by atoms with van der Waals surface area (Å²) in [6, 6.07) is 15.2. The lowest BCUT2D eigenvalue weighted by atomic mass is 10.2. The molecule has 0 fully saturated rings. The van der Waals surface area contributed by atoms with E-state index in [1.165, 1.54) is 6.21 Å². The third-order valence-corrected chi connectivity index (χ3v) is 5.60. The lowest BCUT2D eigenvalue weighted by Crippen LogP contribution is -2.17. The molecule has 2 N–H and O–H groups in total. The van der Waals surface area contributed by atoms with Gasteiger partial charge in [0.1, 0.15) is 18.1 Å². The molecule has 0 saturated carbocycles. The van der Waals surface area contributed by atoms with Crippen molar-refractivity contribution in [1.29, 1.82) is 0 Å². The van der Waals surface area contributed by atoms with Crippen LogP contribution in [0.25, 0.3) is 0 Å². The monoisotopic (exact) mass is 570 g/mol. The molecule has 1 amide bonds. The molecule has 0 aliphatic heterocycles. The second-order valence-corrected chi connectivity index (χ2v) is 8.69. The van der Waals surface area contributed by atoms with Crippen molar-refractivity contribution in [3.8, 4) is 11.5 Å². The number of rotatable bonds is 6. The van der Waals surface area contributed by atoms with Gasteiger partial charge in [-0.25, -0.2) is 5.43 Å². The van der Waals surface area contributed by atoms with E-state index in [0.717, 1.165) is 10.0 Å². The molecule has 3 aromatic carbocycles. The molecular weight excluding hydrogens is 559 g/mol. The number of nitrogens with one attached hydrogen (secondary N) is 1. The molecule has 154 valence electrons. The molecule has 0 atom stereocenters. The fraction of sp³-hybridized carbons (Fsp3) is 0.0476. The summed E-state index contributed by atoms with van der Waals surface area (Å²) in [5.74, 6) is 0.218. The highest BCUT2D eigenvalue weighted by Crippen LogP contribution is 2.30. The van der Waals surface area contributed by atoms with Gasteiger partial charge in [0.15, 0.2) is 0 Å². The minimum Gasteiger partial charge on any atom is -0.506 e. The first-order valence-corrected chi connectivity index (χ1v) is 10.9. The summed E-state index contributed by atoms with van der Waals surface area (Å²) in [5, 5.41) is 15.0. The number of carbonyl (C=O) groups is 1. The zero-order valence-corrected chi connectivity index (χ0v) is 19.9. The molecule has 0 saturated heterocycles. The number of aromatic hydroxyl groups is 1. The second kappa shape index (κ2) is 10.3. The Morgan fingerprint density at radius 1 is 1.10 bits per heavy atom. The van der Waals surface area contributed by atoms with Crippen molar-refractivity contribution in [3.05, 3.63) is 90.3 Å². The van der Waals surface area contributed by atoms with Gasteiger partial charge in [0.25, 0.3) is 5.91 Å². The molecule has 30 heavy (non-hydrogen) atoms. The van der Waals surface area contributed by atoms with Crippen LogP contribution in [0.2, 0.25) is 10.0 Å². The minimum absolute atomic E-state index is 0.0264. The number of halogens is 4. The Labute approximate surface area is 199 Å². The quantitative estimate of drug-likeness (QED) is 0.259. The van der Waals surface area contributed by atoms with Gasteiger partial charge in [0.05, 0.1) is 10.7 Å². The average Bonchev–Trinajstić information content (AvgIpc) is 2.71. The Morgan fingerprint density at radius 2 is 1.83 bits per heavy atom. The second-order valence-electron chi connectivity index (χ2n) is 6.07. The van der Waals surface area contributed by atoms with Crippen molar-refractivity contribution in [1.82, 2.24) is 5.43 Å². The summed E-state index contributed by atoms with van der Waals surface area (Å²) in [6.07, 6.45) is 1.36. The number of phenolic OH excluding ortho intramolecular Hbond substituents is 1. The van der Waals surface area contributed by atoms with Gasteiger partial charge in [-0.15, -0.1) is 0 Å². The van der Waals surface area contributed by atoms with Gasteiger partial charge in [-0.3, -0.25) is 4.79 Å². The van der Waals surface area contributed by atoms with Crippen LogP contribution in [-0.2, 0) is 6.61 Å². The van der Waals surface area contributed by atoms with Gasteiger partial charge >= 0.3 is 0 Å². The van der Waals surface area contributed by atoms with E-state index in [9.17, 15) is 9.90 Å². The summed E-state index contributed by atoms with van der Waals surface area (Å²) >= 11 is 18.6. The molecule has 0 spiro atoms. The number of hydrogen-bond donors (Lipinski definition) is 2. The van der Waals surface area contributed by atoms with Crippen LogP contribution in [0.4, 0.5) is 0 Å². The fourth-order valence-corrected chi connectivity index (χ4v) is 4.13. The summed E-state index contributed by atoms with van der Waals surface area (Å²) in [6.45, 7) is 0.275. The van der Waals surface area contributed by atoms with Crippen LogP contribution in [0.5, 0.6) is 11.5 Å². The van der Waals surface area contributed by atoms with Crippen LogP contribution in [0, 0.1) is 0 Å². The minimum atomic E-state index is -0.396. The normalized spacial score (nSPS) is 10.9. The van der Waals surface area contributed by atoms with Crippen LogP contribution in [-0.4, -0.2) is 17.2 Å². The van der Waals surface area contributed by atoms with Crippen molar-refractivity contribution in [2.45, 2.75) is 6.61 Å². The molecule has 0 aliphatic carbocycles. The number of ether oxygens (including phenoxy) is 1. The maximum atomic E-state index is 12.2. The van der Waals surface area contributed by atoms with Crippen LogP contribution < -0.4 is 10.2 Å². The van der Waals surface area contributed by atoms with E-state index < -0.39 is 5.91 Å². The maximum Gasteiger partial charge on any atom is 0.271 e. The zero-order valence-electron chi connectivity index (χ0n) is 15.2. The van der Waals surface area contributed by atoms with Crippen LogP contribution in [0.1, 0.15) is 21.5 Å². The lowest BCUT2D eigenvalue weighted by Gasteiger charge is -2.09. The highest BCUT2D eigenvalue weighted by Gasteiger charge is 2.08. The highest BCUT2D eigenvalue weighted by atomic mass is 79.9. The smallest absolute Gasteiger partial charge is 0.271 e. The lowest BCUT2D eigenvalue weighted by molar-refractivity contribution is 0.0955. The molecule has 0 unspecified atom stereocenters. The summed E-state index contributed by atoms with van der Waals surface area (Å²) in [7, 11) is 0. The number of hydrogen-bond acceptors (Lipinski definition) is 4. The average molecular weight is 573 g/mol. The number of carbonyl (C=O) groups excluding carboxylic acids is 1. The van der Waals surface area contributed by atoms with Crippen molar-refractivity contribution >= 4 is 67.2 Å². The molecular formula is C21H14Br2Cl2N2O3. The number of hydrazone groups is 1. The summed E-state index contributed by atoms with van der Waals surface area (Å²) in [5.41, 5.74) is 4.08. The SMILES string of the molecule is O=C(N/N=C/c1cc(Br)cc(Br)c1O)c1ccc(OCc2ccc(Cl)cc2Cl)cc1. The van der Waals surface area contributed by atoms with E-state index >= 15 is 0 Å². The standard InChI is InChI=1S/C21H14Br2Cl2N2O3/c22-15-7-14(20(28)18(23)8-15)10-26-27-21(29)12-2-5-17(6-3-12)30-11-13-1-4-16(24)9-19(13)25/h1-10,28H,11H2,(H,27,29)/b26-10+. The first-order chi connectivity index (χ1) is 14.3. The fourth-order valence-electron chi connectivity index (χ4n) is 2.41. The van der Waals surface area contributed by atoms with Gasteiger partial charge in [0.2, 0.25) is 0 Å². The van der Waals surface area contributed by atoms with Gasteiger partial charge < -0.3 is 9.84 Å². The van der Waals surface area contributed by atoms with E-state index in [4.69, 9.17) is 27.9 Å². The molecule has 0 aromatic heterocycles. The maximum absolute atomic E-state index is 12.2. The molecule has 0 heterocycles. The Bertz CT molecular complexity index is 1110. The van der Waals surface area contributed by atoms with E-state index in [1.807, 2.05) is 0 Å². The number of phenols is 1. The Kier molecular flexibility index (Phi) is 7.77. The van der Waals surface area contributed by atoms with Crippen molar-refractivity contribution in [2.24, 2.45) is 5.10 Å². The molecule has 3 aromatic rings. The van der Waals surface area contributed by atoms with Crippen molar-refractivity contribution in [3.63, 3.8) is 0 Å². The number of amides is 1. The first-order valence-electron chi connectivity index (χ1n) is 8.51. The Balaban J connectivity index is 1.58. The van der Waals surface area contributed by atoms with Crippen LogP contribution >= 0.6 is 55.1 Å². The van der Waals surface area contributed by atoms with E-state index in [2.05, 4.69) is 42.4 Å². The summed E-state index contributed by atoms with van der Waals surface area (Å²) < 4.78 is 6.97. The van der Waals surface area contributed by atoms with Gasteiger partial charge in [-0.05, 0) is 64.5 Å². The summed E-state index contributed by atoms with van der Waals surface area (Å²) in [4.78, 5) is 12.2. The van der Waals surface area contributed by atoms with E-state index in [0.29, 0.717) is 31.4 Å². The largest absolute Gasteiger partial charge is 0.506 e. The van der Waals surface area contributed by atoms with E-state index in [-0.39, 0.29) is 12.4 Å². The molecule has 0 radical (unpaired) electrons. The number of nitrogens with zero attached hydrogens (tertiary/aromatic N) is 1. The first kappa shape index (κ1) is 22.6. The van der Waals surface area contributed by atoms with Crippen LogP contribution in [0.15, 0.2) is 68.6 Å². The molecule has 9 heteroatoms. The topological polar surface area (TPSA) is 70.9 Å². The highest BCUT2D eigenvalue weighted by molar-refractivity contribution is 9.11. The number of benzene rings is 3. The molecule has 0 bridgehead atoms. The van der Waals surface area contributed by atoms with Crippen molar-refractivity contribution < 1.29 is 14.6 Å². The third kappa shape index (κ3) is 5.98. The predicted molar refractivity (Wildman–Crippen MR) is 126 cm³/mol. The molecule has 0 aliphatic rings. The Morgan fingerprint density at radius 3 is 2.53 bits per heavy atom. The molecule has 3 rings (SSSR count). The third-order valence-electron chi connectivity index (χ3n) is 3.95. The Hall–Kier alpha value is -2.06. The van der Waals surface area contributed by atoms with Gasteiger partial charge in [0, 0.05) is 31.2 Å². The van der Waals surface area contributed by atoms with Crippen LogP contribution in [0.3, 0.4) is 0 Å². The van der Waals surface area contributed by atoms with Crippen molar-refractivity contribution in [2.75, 3.05) is 0 Å². The van der Waals surface area contributed by atoms with E-state index in [1.54, 1.807) is 54.6 Å². The predicted octanol–water partition coefficient (Wildman–Crippen LogP) is 6.57. The van der Waals surface area contributed by atoms with Gasteiger partial charge in [-0.2, -0.15) is 5.10 Å². The van der Waals surface area contributed by atoms with Gasteiger partial charge in [-0.1, -0.05) is 45.2 Å². The molecule has 5 nitrogen and oxygen atoms in total. The zero-order chi connectivity index (χ0) is 21.7.